The van der Waals surface area contributed by atoms with Crippen LogP contribution in [-0.2, 0) is 11.3 Å². The lowest BCUT2D eigenvalue weighted by Gasteiger charge is -2.41. The maximum absolute atomic E-state index is 14.1. The lowest BCUT2D eigenvalue weighted by molar-refractivity contribution is -0.131. The number of amides is 2. The molecule has 10 heteroatoms. The first-order chi connectivity index (χ1) is 18.9. The summed E-state index contributed by atoms with van der Waals surface area (Å²) in [5.74, 6) is -0.229. The lowest BCUT2D eigenvalue weighted by Crippen LogP contribution is -2.48. The molecule has 0 spiro atoms. The van der Waals surface area contributed by atoms with Crippen LogP contribution in [0.5, 0.6) is 0 Å². The Bertz CT molecular complexity index is 1360. The van der Waals surface area contributed by atoms with Crippen LogP contribution in [0, 0.1) is 17.2 Å². The first-order valence-electron chi connectivity index (χ1n) is 13.7. The van der Waals surface area contributed by atoms with Crippen molar-refractivity contribution < 1.29 is 14.0 Å². The van der Waals surface area contributed by atoms with Crippen molar-refractivity contribution in [2.45, 2.75) is 79.1 Å². The molecule has 1 unspecified atom stereocenters. The quantitative estimate of drug-likeness (QED) is 0.361. The van der Waals surface area contributed by atoms with E-state index in [1.165, 1.54) is 12.1 Å². The van der Waals surface area contributed by atoms with Gasteiger partial charge >= 0.3 is 0 Å². The highest BCUT2D eigenvalue weighted by atomic mass is 19.1. The van der Waals surface area contributed by atoms with Crippen LogP contribution in [0.15, 0.2) is 53.5 Å². The van der Waals surface area contributed by atoms with Gasteiger partial charge < -0.3 is 10.2 Å². The van der Waals surface area contributed by atoms with Gasteiger partial charge in [0, 0.05) is 11.1 Å². The lowest BCUT2D eigenvalue weighted by atomic mass is 9.85. The number of hydrogen-bond acceptors (Lipinski definition) is 6. The van der Waals surface area contributed by atoms with Gasteiger partial charge in [0.1, 0.15) is 17.2 Å². The second-order valence-corrected chi connectivity index (χ2v) is 12.2. The van der Waals surface area contributed by atoms with E-state index in [9.17, 15) is 14.0 Å². The number of hydrogen-bond donors (Lipinski definition) is 2. The Labute approximate surface area is 234 Å². The maximum Gasteiger partial charge on any atom is 0.275 e. The third kappa shape index (κ3) is 6.78. The largest absolute Gasteiger partial charge is 0.345 e. The fourth-order valence-electron chi connectivity index (χ4n) is 5.28. The zero-order chi connectivity index (χ0) is 29.1. The highest BCUT2D eigenvalue weighted by molar-refractivity contribution is 6.46. The molecule has 2 N–H and O–H groups in total. The van der Waals surface area contributed by atoms with Gasteiger partial charge in [0.25, 0.3) is 11.8 Å². The van der Waals surface area contributed by atoms with Crippen molar-refractivity contribution in [1.29, 1.82) is 0 Å². The van der Waals surface area contributed by atoms with E-state index in [0.29, 0.717) is 29.8 Å². The molecule has 2 heterocycles. The summed E-state index contributed by atoms with van der Waals surface area (Å²) in [5, 5.41) is 16.3. The standard InChI is InChI=1S/C30H38FN7O2/c1-19(2)17-30(6)33-26(22-8-7-9-23(31)16-22)28(40)38(30)24(14-15-29(3,4)5)20-10-12-21(13-11-20)27(39)32-18-25-34-36-37-35-25/h7-13,16,19,24H,14-15,17-18H2,1-6H3,(H,32,39)(H,34,35,36,37)/t24-,30?/m1/s1. The molecule has 0 fully saturated rings. The van der Waals surface area contributed by atoms with E-state index in [-0.39, 0.29) is 41.4 Å². The molecular formula is C30H38FN7O2. The first-order valence-corrected chi connectivity index (χ1v) is 13.7. The van der Waals surface area contributed by atoms with E-state index < -0.39 is 11.5 Å². The summed E-state index contributed by atoms with van der Waals surface area (Å²) in [6.45, 7) is 12.9. The molecule has 4 rings (SSSR count). The normalized spacial score (nSPS) is 18.2. The highest BCUT2D eigenvalue weighted by Gasteiger charge is 2.48. The van der Waals surface area contributed by atoms with Crippen molar-refractivity contribution in [2.75, 3.05) is 0 Å². The molecule has 3 aromatic rings. The number of carbonyl (C=O) groups excluding carboxylic acids is 2. The zero-order valence-electron chi connectivity index (χ0n) is 24.0. The fourth-order valence-corrected chi connectivity index (χ4v) is 5.28. The minimum Gasteiger partial charge on any atom is -0.345 e. The second-order valence-electron chi connectivity index (χ2n) is 12.2. The van der Waals surface area contributed by atoms with Crippen LogP contribution in [0.25, 0.3) is 0 Å². The minimum absolute atomic E-state index is 0.0384. The van der Waals surface area contributed by atoms with Crippen molar-refractivity contribution in [3.8, 4) is 0 Å². The van der Waals surface area contributed by atoms with Gasteiger partial charge in [-0.15, -0.1) is 10.2 Å². The predicted molar refractivity (Wildman–Crippen MR) is 151 cm³/mol. The van der Waals surface area contributed by atoms with Crippen LogP contribution in [0.2, 0.25) is 0 Å². The minimum atomic E-state index is -0.809. The van der Waals surface area contributed by atoms with Crippen molar-refractivity contribution in [2.24, 2.45) is 16.3 Å². The predicted octanol–water partition coefficient (Wildman–Crippen LogP) is 5.23. The smallest absolute Gasteiger partial charge is 0.275 e. The Balaban J connectivity index is 1.67. The molecular weight excluding hydrogens is 509 g/mol. The summed E-state index contributed by atoms with van der Waals surface area (Å²) in [7, 11) is 0. The van der Waals surface area contributed by atoms with E-state index >= 15 is 0 Å². The zero-order valence-corrected chi connectivity index (χ0v) is 24.0. The molecule has 9 nitrogen and oxygen atoms in total. The van der Waals surface area contributed by atoms with Gasteiger partial charge in [0.15, 0.2) is 5.82 Å². The van der Waals surface area contributed by atoms with Crippen molar-refractivity contribution in [1.82, 2.24) is 30.8 Å². The maximum atomic E-state index is 14.1. The van der Waals surface area contributed by atoms with Crippen LogP contribution in [0.1, 0.15) is 94.2 Å². The Hall–Kier alpha value is -3.95. The number of carbonyl (C=O) groups is 2. The molecule has 1 aliphatic rings. The van der Waals surface area contributed by atoms with Crippen LogP contribution in [0.3, 0.4) is 0 Å². The van der Waals surface area contributed by atoms with Crippen LogP contribution in [-0.4, -0.2) is 48.7 Å². The van der Waals surface area contributed by atoms with Crippen molar-refractivity contribution >= 4 is 17.5 Å². The van der Waals surface area contributed by atoms with E-state index in [4.69, 9.17) is 4.99 Å². The molecule has 0 aliphatic carbocycles. The summed E-state index contributed by atoms with van der Waals surface area (Å²) in [4.78, 5) is 33.7. The van der Waals surface area contributed by atoms with Gasteiger partial charge in [-0.3, -0.25) is 14.6 Å². The molecule has 1 aromatic heterocycles. The summed E-state index contributed by atoms with van der Waals surface area (Å²) in [6.07, 6.45) is 2.22. The Kier molecular flexibility index (Phi) is 8.46. The number of benzene rings is 2. The van der Waals surface area contributed by atoms with Gasteiger partial charge in [0.05, 0.1) is 12.6 Å². The Morgan fingerprint density at radius 2 is 1.88 bits per heavy atom. The molecule has 0 saturated carbocycles. The number of aromatic nitrogens is 4. The molecule has 1 aliphatic heterocycles. The second kappa shape index (κ2) is 11.7. The summed E-state index contributed by atoms with van der Waals surface area (Å²) in [5.41, 5.74) is 1.38. The number of tetrazole rings is 1. The molecule has 2 atom stereocenters. The highest BCUT2D eigenvalue weighted by Crippen LogP contribution is 2.42. The van der Waals surface area contributed by atoms with Gasteiger partial charge in [-0.2, -0.15) is 5.21 Å². The van der Waals surface area contributed by atoms with E-state index in [0.717, 1.165) is 12.0 Å². The molecule has 0 saturated heterocycles. The van der Waals surface area contributed by atoms with Crippen molar-refractivity contribution in [3.63, 3.8) is 0 Å². The van der Waals surface area contributed by atoms with Crippen LogP contribution >= 0.6 is 0 Å². The Morgan fingerprint density at radius 1 is 1.15 bits per heavy atom. The number of aromatic amines is 1. The number of aliphatic imine (C=N–C) groups is 1. The summed E-state index contributed by atoms with van der Waals surface area (Å²) < 4.78 is 14.1. The SMILES string of the molecule is CC(C)CC1(C)N=C(c2cccc(F)c2)C(=O)N1[C@H](CCC(C)(C)C)c1ccc(C(=O)NCc2nn[nH]n2)cc1. The van der Waals surface area contributed by atoms with Crippen LogP contribution in [0.4, 0.5) is 4.39 Å². The van der Waals surface area contributed by atoms with Gasteiger partial charge in [0.2, 0.25) is 0 Å². The molecule has 0 radical (unpaired) electrons. The van der Waals surface area contributed by atoms with Gasteiger partial charge in [-0.05, 0) is 67.3 Å². The van der Waals surface area contributed by atoms with E-state index in [2.05, 4.69) is 60.6 Å². The average molecular weight is 548 g/mol. The number of H-pyrrole nitrogens is 1. The third-order valence-electron chi connectivity index (χ3n) is 7.02. The molecule has 2 aromatic carbocycles. The topological polar surface area (TPSA) is 116 Å². The number of rotatable bonds is 10. The van der Waals surface area contributed by atoms with Gasteiger partial charge in [-0.1, -0.05) is 64.1 Å². The Morgan fingerprint density at radius 3 is 2.48 bits per heavy atom. The third-order valence-corrected chi connectivity index (χ3v) is 7.02. The molecule has 40 heavy (non-hydrogen) atoms. The summed E-state index contributed by atoms with van der Waals surface area (Å²) >= 11 is 0. The van der Waals surface area contributed by atoms with E-state index in [1.807, 2.05) is 24.0 Å². The fraction of sp³-hybridized carbons (Fsp3) is 0.467. The van der Waals surface area contributed by atoms with E-state index in [1.54, 1.807) is 24.3 Å². The first kappa shape index (κ1) is 29.0. The van der Waals surface area contributed by atoms with Crippen LogP contribution < -0.4 is 5.32 Å². The molecule has 212 valence electrons. The number of nitrogens with zero attached hydrogens (tertiary/aromatic N) is 5. The average Bonchev–Trinajstić information content (AvgIpc) is 3.49. The van der Waals surface area contributed by atoms with Gasteiger partial charge in [-0.25, -0.2) is 4.39 Å². The molecule has 0 bridgehead atoms. The summed E-state index contributed by atoms with van der Waals surface area (Å²) in [6, 6.07) is 13.1. The van der Waals surface area contributed by atoms with Crippen molar-refractivity contribution in [3.05, 3.63) is 76.9 Å². The molecule has 2 amide bonds. The number of halogens is 1. The number of nitrogens with one attached hydrogen (secondary N) is 2. The monoisotopic (exact) mass is 547 g/mol.